The van der Waals surface area contributed by atoms with E-state index in [9.17, 15) is 9.59 Å². The number of hydrogen-bond acceptors (Lipinski definition) is 4. The van der Waals surface area contributed by atoms with E-state index in [2.05, 4.69) is 17.0 Å². The predicted molar refractivity (Wildman–Crippen MR) is 146 cm³/mol. The molecule has 3 aromatic carbocycles. The second-order valence-electron chi connectivity index (χ2n) is 9.55. The molecule has 0 aromatic heterocycles. The maximum atomic E-state index is 15.4. The van der Waals surface area contributed by atoms with E-state index in [-0.39, 0.29) is 11.6 Å². The summed E-state index contributed by atoms with van der Waals surface area (Å²) in [5, 5.41) is 0. The molecule has 1 saturated heterocycles. The van der Waals surface area contributed by atoms with Crippen LogP contribution in [-0.4, -0.2) is 35.8 Å². The molecule has 1 heterocycles. The van der Waals surface area contributed by atoms with Crippen molar-refractivity contribution in [1.29, 1.82) is 0 Å². The summed E-state index contributed by atoms with van der Waals surface area (Å²) < 4.78 is 15.4. The Bertz CT molecular complexity index is 1270. The summed E-state index contributed by atoms with van der Waals surface area (Å²) in [6.07, 6.45) is 2.91. The van der Waals surface area contributed by atoms with Crippen LogP contribution < -0.4 is 16.4 Å². The second-order valence-corrected chi connectivity index (χ2v) is 9.55. The van der Waals surface area contributed by atoms with Crippen LogP contribution in [0.1, 0.15) is 64.1 Å². The lowest BCUT2D eigenvalue weighted by molar-refractivity contribution is 0.0991. The quantitative estimate of drug-likeness (QED) is 0.433. The van der Waals surface area contributed by atoms with Crippen molar-refractivity contribution >= 4 is 23.2 Å². The van der Waals surface area contributed by atoms with Gasteiger partial charge in [-0.3, -0.25) is 14.5 Å². The number of amides is 2. The van der Waals surface area contributed by atoms with E-state index in [0.717, 1.165) is 49.3 Å². The molecule has 37 heavy (non-hydrogen) atoms. The number of likely N-dealkylation sites (tertiary alicyclic amines) is 1. The number of anilines is 2. The van der Waals surface area contributed by atoms with E-state index in [1.54, 1.807) is 12.1 Å². The maximum absolute atomic E-state index is 15.4. The number of carbonyl (C=O) groups excluding carboxylic acids is 2. The number of rotatable bonds is 9. The lowest BCUT2D eigenvalue weighted by atomic mass is 9.92. The Hall–Kier alpha value is -3.71. The molecule has 0 atom stereocenters. The Morgan fingerprint density at radius 1 is 0.892 bits per heavy atom. The highest BCUT2D eigenvalue weighted by molar-refractivity contribution is 5.96. The molecule has 0 unspecified atom stereocenters. The number of hydrogen-bond donors (Lipinski definition) is 2. The fraction of sp³-hybridized carbons (Fsp3) is 0.333. The number of nitrogens with zero attached hydrogens (tertiary/aromatic N) is 2. The van der Waals surface area contributed by atoms with Gasteiger partial charge in [0.05, 0.1) is 5.69 Å². The summed E-state index contributed by atoms with van der Waals surface area (Å²) >= 11 is 0. The van der Waals surface area contributed by atoms with Gasteiger partial charge in [0.25, 0.3) is 0 Å². The van der Waals surface area contributed by atoms with Crippen LogP contribution in [0.5, 0.6) is 0 Å². The van der Waals surface area contributed by atoms with Crippen LogP contribution in [0.15, 0.2) is 60.7 Å². The first-order chi connectivity index (χ1) is 17.8. The van der Waals surface area contributed by atoms with Gasteiger partial charge in [-0.2, -0.15) is 0 Å². The number of nitrogens with two attached hydrogens (primary N) is 2. The zero-order valence-corrected chi connectivity index (χ0v) is 21.5. The maximum Gasteiger partial charge on any atom is 0.248 e. The van der Waals surface area contributed by atoms with Crippen LogP contribution in [0, 0.1) is 5.82 Å². The van der Waals surface area contributed by atoms with Crippen molar-refractivity contribution in [3.8, 4) is 0 Å². The number of carbonyl (C=O) groups is 2. The summed E-state index contributed by atoms with van der Waals surface area (Å²) in [7, 11) is 0. The zero-order valence-electron chi connectivity index (χ0n) is 21.5. The van der Waals surface area contributed by atoms with Gasteiger partial charge in [-0.15, -0.1) is 0 Å². The van der Waals surface area contributed by atoms with Crippen molar-refractivity contribution in [3.63, 3.8) is 0 Å². The summed E-state index contributed by atoms with van der Waals surface area (Å²) in [6, 6.07) is 18.2. The molecule has 0 radical (unpaired) electrons. The van der Waals surface area contributed by atoms with Crippen LogP contribution in [0.4, 0.5) is 15.8 Å². The van der Waals surface area contributed by atoms with Crippen molar-refractivity contribution in [2.45, 2.75) is 52.1 Å². The summed E-state index contributed by atoms with van der Waals surface area (Å²) in [6.45, 7) is 6.60. The zero-order chi connectivity index (χ0) is 26.5. The summed E-state index contributed by atoms with van der Waals surface area (Å²) in [5.74, 6) is -1.50. The molecule has 1 fully saturated rings. The second kappa shape index (κ2) is 11.6. The van der Waals surface area contributed by atoms with Gasteiger partial charge in [0.15, 0.2) is 0 Å². The van der Waals surface area contributed by atoms with Crippen LogP contribution >= 0.6 is 0 Å². The van der Waals surface area contributed by atoms with E-state index >= 15 is 4.39 Å². The minimum atomic E-state index is -0.604. The first-order valence-corrected chi connectivity index (χ1v) is 12.9. The summed E-state index contributed by atoms with van der Waals surface area (Å²) in [5.41, 5.74) is 16.3. The molecule has 4 N–H and O–H groups in total. The Morgan fingerprint density at radius 2 is 1.57 bits per heavy atom. The highest BCUT2D eigenvalue weighted by Gasteiger charge is 2.30. The fourth-order valence-electron chi connectivity index (χ4n) is 5.49. The van der Waals surface area contributed by atoms with Crippen molar-refractivity contribution in [1.82, 2.24) is 4.90 Å². The largest absolute Gasteiger partial charge is 0.366 e. The average molecular weight is 503 g/mol. The Kier molecular flexibility index (Phi) is 8.24. The number of benzene rings is 3. The molecule has 4 rings (SSSR count). The van der Waals surface area contributed by atoms with Gasteiger partial charge in [-0.25, -0.2) is 4.39 Å². The van der Waals surface area contributed by atoms with Gasteiger partial charge in [0, 0.05) is 42.5 Å². The predicted octanol–water partition coefficient (Wildman–Crippen LogP) is 4.95. The lowest BCUT2D eigenvalue weighted by Crippen LogP contribution is -2.43. The Balaban J connectivity index is 1.75. The van der Waals surface area contributed by atoms with Crippen molar-refractivity contribution in [2.24, 2.45) is 11.5 Å². The molecule has 7 heteroatoms. The van der Waals surface area contributed by atoms with Gasteiger partial charge in [-0.05, 0) is 72.7 Å². The molecule has 0 bridgehead atoms. The fourth-order valence-corrected chi connectivity index (χ4v) is 5.49. The summed E-state index contributed by atoms with van der Waals surface area (Å²) in [4.78, 5) is 28.6. The van der Waals surface area contributed by atoms with Crippen molar-refractivity contribution < 1.29 is 14.0 Å². The van der Waals surface area contributed by atoms with Gasteiger partial charge in [-0.1, -0.05) is 44.2 Å². The average Bonchev–Trinajstić information content (AvgIpc) is 2.90. The van der Waals surface area contributed by atoms with Gasteiger partial charge in [0.2, 0.25) is 11.8 Å². The van der Waals surface area contributed by atoms with Gasteiger partial charge < -0.3 is 16.4 Å². The molecule has 6 nitrogen and oxygen atoms in total. The molecule has 2 amide bonds. The molecular formula is C30H35FN4O2. The number of primary amides is 2. The SMILES string of the molecule is CCc1c(C(N)=O)ccc(N(c2cc(C(N)=O)ccc2F)C2CCN(Cc3ccccc3)CC2)c1CC. The van der Waals surface area contributed by atoms with Gasteiger partial charge >= 0.3 is 0 Å². The monoisotopic (exact) mass is 502 g/mol. The third-order valence-corrected chi connectivity index (χ3v) is 7.30. The van der Waals surface area contributed by atoms with Crippen LogP contribution in [-0.2, 0) is 19.4 Å². The minimum Gasteiger partial charge on any atom is -0.366 e. The first-order valence-electron chi connectivity index (χ1n) is 12.9. The molecule has 0 aliphatic carbocycles. The van der Waals surface area contributed by atoms with E-state index < -0.39 is 17.6 Å². The standard InChI is InChI=1S/C30H35FN4O2/c1-3-23-24(4-2)27(13-11-25(23)30(33)37)35(28-18-21(29(32)36)10-12-26(28)31)22-14-16-34(17-15-22)19-20-8-6-5-7-9-20/h5-13,18,22H,3-4,14-17,19H2,1-2H3,(H2,32,36)(H2,33,37). The van der Waals surface area contributed by atoms with E-state index in [1.807, 2.05) is 43.0 Å². The normalized spacial score (nSPS) is 14.5. The van der Waals surface area contributed by atoms with Crippen LogP contribution in [0.25, 0.3) is 0 Å². The molecule has 194 valence electrons. The van der Waals surface area contributed by atoms with Crippen molar-refractivity contribution in [3.05, 3.63) is 94.3 Å². The Morgan fingerprint density at radius 3 is 2.16 bits per heavy atom. The molecule has 3 aromatic rings. The van der Waals surface area contributed by atoms with Gasteiger partial charge in [0.1, 0.15) is 5.82 Å². The van der Waals surface area contributed by atoms with Crippen molar-refractivity contribution in [2.75, 3.05) is 18.0 Å². The molecular weight excluding hydrogens is 467 g/mol. The highest BCUT2D eigenvalue weighted by atomic mass is 19.1. The van der Waals surface area contributed by atoms with Crippen LogP contribution in [0.3, 0.4) is 0 Å². The third-order valence-electron chi connectivity index (χ3n) is 7.30. The number of piperidine rings is 1. The highest BCUT2D eigenvalue weighted by Crippen LogP contribution is 2.39. The first kappa shape index (κ1) is 26.4. The minimum absolute atomic E-state index is 0.000848. The lowest BCUT2D eigenvalue weighted by Gasteiger charge is -2.41. The Labute approximate surface area is 218 Å². The van der Waals surface area contributed by atoms with E-state index in [1.165, 1.54) is 17.7 Å². The van der Waals surface area contributed by atoms with Crippen LogP contribution in [0.2, 0.25) is 0 Å². The molecule has 0 spiro atoms. The third kappa shape index (κ3) is 5.67. The number of halogens is 1. The van der Waals surface area contributed by atoms with E-state index in [0.29, 0.717) is 24.1 Å². The molecule has 1 aliphatic rings. The molecule has 1 aliphatic heterocycles. The molecule has 0 saturated carbocycles. The van der Waals surface area contributed by atoms with E-state index in [4.69, 9.17) is 11.5 Å². The smallest absolute Gasteiger partial charge is 0.248 e. The topological polar surface area (TPSA) is 92.7 Å².